The SMILES string of the molecule is CCC1C2CNCC2CN1C1CC(C)N(C)C1. The molecule has 3 aliphatic heterocycles. The molecule has 3 aliphatic rings. The molecule has 0 aromatic heterocycles. The first-order valence-corrected chi connectivity index (χ1v) is 7.37. The molecular formula is C14H27N3. The minimum Gasteiger partial charge on any atom is -0.316 e. The van der Waals surface area contributed by atoms with Crippen molar-refractivity contribution in [2.45, 2.75) is 44.8 Å². The van der Waals surface area contributed by atoms with Gasteiger partial charge < -0.3 is 10.2 Å². The summed E-state index contributed by atoms with van der Waals surface area (Å²) >= 11 is 0. The van der Waals surface area contributed by atoms with E-state index in [-0.39, 0.29) is 0 Å². The van der Waals surface area contributed by atoms with Crippen LogP contribution in [0.15, 0.2) is 0 Å². The summed E-state index contributed by atoms with van der Waals surface area (Å²) in [6.07, 6.45) is 2.71. The first-order chi connectivity index (χ1) is 8.20. The second kappa shape index (κ2) is 4.52. The summed E-state index contributed by atoms with van der Waals surface area (Å²) in [6.45, 7) is 9.90. The quantitative estimate of drug-likeness (QED) is 0.773. The Hall–Kier alpha value is -0.120. The molecule has 3 nitrogen and oxygen atoms in total. The van der Waals surface area contributed by atoms with Crippen LogP contribution in [-0.2, 0) is 0 Å². The number of likely N-dealkylation sites (N-methyl/N-ethyl adjacent to an activating group) is 1. The number of hydrogen-bond donors (Lipinski definition) is 1. The lowest BCUT2D eigenvalue weighted by Crippen LogP contribution is -2.43. The van der Waals surface area contributed by atoms with Crippen LogP contribution in [0.3, 0.4) is 0 Å². The minimum atomic E-state index is 0.774. The summed E-state index contributed by atoms with van der Waals surface area (Å²) in [5, 5.41) is 3.58. The summed E-state index contributed by atoms with van der Waals surface area (Å²) in [5.74, 6) is 1.86. The highest BCUT2D eigenvalue weighted by Crippen LogP contribution is 2.37. The van der Waals surface area contributed by atoms with E-state index in [9.17, 15) is 0 Å². The van der Waals surface area contributed by atoms with Gasteiger partial charge >= 0.3 is 0 Å². The number of fused-ring (bicyclic) bond motifs is 1. The van der Waals surface area contributed by atoms with Gasteiger partial charge in [-0.25, -0.2) is 0 Å². The van der Waals surface area contributed by atoms with E-state index >= 15 is 0 Å². The van der Waals surface area contributed by atoms with Crippen molar-refractivity contribution >= 4 is 0 Å². The van der Waals surface area contributed by atoms with Crippen molar-refractivity contribution in [3.63, 3.8) is 0 Å². The molecule has 0 aromatic carbocycles. The first kappa shape index (κ1) is 11.9. The average molecular weight is 237 g/mol. The lowest BCUT2D eigenvalue weighted by molar-refractivity contribution is 0.157. The lowest BCUT2D eigenvalue weighted by Gasteiger charge is -2.32. The maximum Gasteiger partial charge on any atom is 0.0241 e. The number of hydrogen-bond acceptors (Lipinski definition) is 3. The summed E-state index contributed by atoms with van der Waals surface area (Å²) in [6, 6.07) is 2.44. The van der Waals surface area contributed by atoms with Crippen molar-refractivity contribution in [1.29, 1.82) is 0 Å². The molecule has 3 fully saturated rings. The maximum absolute atomic E-state index is 3.58. The fraction of sp³-hybridized carbons (Fsp3) is 1.00. The van der Waals surface area contributed by atoms with Gasteiger partial charge in [0.25, 0.3) is 0 Å². The monoisotopic (exact) mass is 237 g/mol. The van der Waals surface area contributed by atoms with Gasteiger partial charge in [0, 0.05) is 31.2 Å². The first-order valence-electron chi connectivity index (χ1n) is 7.37. The van der Waals surface area contributed by atoms with Crippen LogP contribution in [0.2, 0.25) is 0 Å². The Morgan fingerprint density at radius 3 is 2.71 bits per heavy atom. The fourth-order valence-corrected chi connectivity index (χ4v) is 4.41. The van der Waals surface area contributed by atoms with Gasteiger partial charge in [0.2, 0.25) is 0 Å². The standard InChI is InChI=1S/C14H27N3/c1-4-14-13-7-15-6-11(13)8-17(14)12-5-10(2)16(3)9-12/h10-15H,4-9H2,1-3H3. The van der Waals surface area contributed by atoms with E-state index in [2.05, 4.69) is 36.0 Å². The highest BCUT2D eigenvalue weighted by molar-refractivity contribution is 5.02. The topological polar surface area (TPSA) is 18.5 Å². The molecule has 3 rings (SSSR count). The van der Waals surface area contributed by atoms with Crippen LogP contribution in [0.25, 0.3) is 0 Å². The Morgan fingerprint density at radius 2 is 2.06 bits per heavy atom. The molecule has 3 heteroatoms. The van der Waals surface area contributed by atoms with Gasteiger partial charge in [0.1, 0.15) is 0 Å². The largest absolute Gasteiger partial charge is 0.316 e. The average Bonchev–Trinajstić information content (AvgIpc) is 2.93. The van der Waals surface area contributed by atoms with Gasteiger partial charge in [0.15, 0.2) is 0 Å². The normalized spacial score (nSPS) is 47.8. The number of likely N-dealkylation sites (tertiary alicyclic amines) is 2. The van der Waals surface area contributed by atoms with E-state index in [4.69, 9.17) is 0 Å². The van der Waals surface area contributed by atoms with Crippen LogP contribution in [0.5, 0.6) is 0 Å². The highest BCUT2D eigenvalue weighted by atomic mass is 15.3. The van der Waals surface area contributed by atoms with Crippen molar-refractivity contribution in [3.8, 4) is 0 Å². The zero-order chi connectivity index (χ0) is 12.0. The maximum atomic E-state index is 3.58. The van der Waals surface area contributed by atoms with Gasteiger partial charge in [-0.2, -0.15) is 0 Å². The summed E-state index contributed by atoms with van der Waals surface area (Å²) in [7, 11) is 2.28. The number of rotatable bonds is 2. The summed E-state index contributed by atoms with van der Waals surface area (Å²) in [4.78, 5) is 5.39. The number of nitrogens with one attached hydrogen (secondary N) is 1. The third-order valence-corrected chi connectivity index (χ3v) is 5.51. The molecule has 5 unspecified atom stereocenters. The van der Waals surface area contributed by atoms with E-state index in [1.807, 2.05) is 0 Å². The molecule has 0 bridgehead atoms. The van der Waals surface area contributed by atoms with Crippen LogP contribution >= 0.6 is 0 Å². The Labute approximate surface area is 106 Å². The molecule has 98 valence electrons. The van der Waals surface area contributed by atoms with E-state index in [1.165, 1.54) is 39.0 Å². The lowest BCUT2D eigenvalue weighted by atomic mass is 9.92. The third kappa shape index (κ3) is 1.92. The van der Waals surface area contributed by atoms with E-state index in [1.54, 1.807) is 0 Å². The predicted octanol–water partition coefficient (Wildman–Crippen LogP) is 1.01. The highest BCUT2D eigenvalue weighted by Gasteiger charge is 2.46. The smallest absolute Gasteiger partial charge is 0.0241 e. The molecule has 0 amide bonds. The molecule has 17 heavy (non-hydrogen) atoms. The summed E-state index contributed by atoms with van der Waals surface area (Å²) in [5.41, 5.74) is 0. The second-order valence-electron chi connectivity index (χ2n) is 6.43. The third-order valence-electron chi connectivity index (χ3n) is 5.51. The van der Waals surface area contributed by atoms with Gasteiger partial charge in [0.05, 0.1) is 0 Å². The Morgan fingerprint density at radius 1 is 1.24 bits per heavy atom. The van der Waals surface area contributed by atoms with E-state index < -0.39 is 0 Å². The van der Waals surface area contributed by atoms with Crippen LogP contribution in [0.4, 0.5) is 0 Å². The molecule has 1 N–H and O–H groups in total. The van der Waals surface area contributed by atoms with Crippen LogP contribution in [0, 0.1) is 11.8 Å². The van der Waals surface area contributed by atoms with Crippen molar-refractivity contribution < 1.29 is 0 Å². The van der Waals surface area contributed by atoms with Crippen LogP contribution in [-0.4, -0.2) is 61.2 Å². The predicted molar refractivity (Wildman–Crippen MR) is 71.1 cm³/mol. The molecule has 0 aliphatic carbocycles. The molecular weight excluding hydrogens is 210 g/mol. The molecule has 0 radical (unpaired) electrons. The van der Waals surface area contributed by atoms with Crippen LogP contribution in [0.1, 0.15) is 26.7 Å². The van der Waals surface area contributed by atoms with Crippen molar-refractivity contribution in [3.05, 3.63) is 0 Å². The van der Waals surface area contributed by atoms with Crippen molar-refractivity contribution in [2.75, 3.05) is 33.2 Å². The molecule has 3 heterocycles. The molecule has 0 spiro atoms. The Bertz CT molecular complexity index is 271. The second-order valence-corrected chi connectivity index (χ2v) is 6.43. The zero-order valence-corrected chi connectivity index (χ0v) is 11.5. The molecule has 3 saturated heterocycles. The molecule has 5 atom stereocenters. The number of nitrogens with zero attached hydrogens (tertiary/aromatic N) is 2. The van der Waals surface area contributed by atoms with Gasteiger partial charge in [-0.05, 0) is 51.7 Å². The van der Waals surface area contributed by atoms with Gasteiger partial charge in [-0.15, -0.1) is 0 Å². The zero-order valence-electron chi connectivity index (χ0n) is 11.5. The Kier molecular flexibility index (Phi) is 3.18. The summed E-state index contributed by atoms with van der Waals surface area (Å²) < 4.78 is 0. The molecule has 0 aromatic rings. The van der Waals surface area contributed by atoms with Crippen LogP contribution < -0.4 is 5.32 Å². The minimum absolute atomic E-state index is 0.774. The van der Waals surface area contributed by atoms with Crippen molar-refractivity contribution in [1.82, 2.24) is 15.1 Å². The van der Waals surface area contributed by atoms with E-state index in [0.29, 0.717) is 0 Å². The van der Waals surface area contributed by atoms with Gasteiger partial charge in [-0.3, -0.25) is 4.90 Å². The Balaban J connectivity index is 1.71. The molecule has 0 saturated carbocycles. The van der Waals surface area contributed by atoms with Crippen molar-refractivity contribution in [2.24, 2.45) is 11.8 Å². The fourth-order valence-electron chi connectivity index (χ4n) is 4.41. The van der Waals surface area contributed by atoms with Gasteiger partial charge in [-0.1, -0.05) is 6.92 Å². The van der Waals surface area contributed by atoms with E-state index in [0.717, 1.165) is 30.0 Å².